The number of nitrogens with zero attached hydrogens (tertiary/aromatic N) is 5. The van der Waals surface area contributed by atoms with Gasteiger partial charge in [0.1, 0.15) is 6.20 Å². The third-order valence-corrected chi connectivity index (χ3v) is 5.18. The molecule has 2 atom stereocenters. The molecule has 3 aromatic rings. The first-order valence-electron chi connectivity index (χ1n) is 9.77. The molecule has 2 aromatic heterocycles. The summed E-state index contributed by atoms with van der Waals surface area (Å²) < 4.78 is 7.29. The Kier molecular flexibility index (Phi) is 5.68. The highest BCUT2D eigenvalue weighted by molar-refractivity contribution is 5.48. The summed E-state index contributed by atoms with van der Waals surface area (Å²) >= 11 is 0. The first kappa shape index (κ1) is 19.3. The van der Waals surface area contributed by atoms with E-state index in [1.165, 1.54) is 16.3 Å². The van der Waals surface area contributed by atoms with Gasteiger partial charge < -0.3 is 20.2 Å². The summed E-state index contributed by atoms with van der Waals surface area (Å²) in [7, 11) is 0. The zero-order valence-electron chi connectivity index (χ0n) is 16.3. The van der Waals surface area contributed by atoms with Crippen LogP contribution in [0.4, 0.5) is 11.6 Å². The number of hydrogen-bond acceptors (Lipinski definition) is 7. The molecular formula is C20H24N6O3. The molecule has 0 saturated carbocycles. The highest BCUT2D eigenvalue weighted by Crippen LogP contribution is 2.19. The van der Waals surface area contributed by atoms with Crippen molar-refractivity contribution in [3.63, 3.8) is 0 Å². The Labute approximate surface area is 168 Å². The van der Waals surface area contributed by atoms with E-state index in [0.29, 0.717) is 18.1 Å². The van der Waals surface area contributed by atoms with Crippen molar-refractivity contribution in [2.24, 2.45) is 0 Å². The summed E-state index contributed by atoms with van der Waals surface area (Å²) in [5.74, 6) is 0.411. The molecule has 2 unspecified atom stereocenters. The van der Waals surface area contributed by atoms with Crippen LogP contribution in [0.15, 0.2) is 48.7 Å². The molecule has 0 spiro atoms. The molecule has 152 valence electrons. The van der Waals surface area contributed by atoms with E-state index in [2.05, 4.69) is 51.5 Å². The average Bonchev–Trinajstić information content (AvgIpc) is 3.16. The molecule has 0 amide bonds. The lowest BCUT2D eigenvalue weighted by atomic mass is 10.1. The molecule has 1 aliphatic rings. The summed E-state index contributed by atoms with van der Waals surface area (Å²) in [6.07, 6.45) is 2.07. The number of morpholine rings is 1. The van der Waals surface area contributed by atoms with Crippen molar-refractivity contribution in [1.82, 2.24) is 19.5 Å². The second kappa shape index (κ2) is 8.54. The molecule has 0 bridgehead atoms. The Morgan fingerprint density at radius 1 is 1.31 bits per heavy atom. The monoisotopic (exact) mass is 396 g/mol. The van der Waals surface area contributed by atoms with Crippen molar-refractivity contribution < 1.29 is 9.66 Å². The zero-order chi connectivity index (χ0) is 20.2. The van der Waals surface area contributed by atoms with Crippen LogP contribution in [0.25, 0.3) is 5.65 Å². The van der Waals surface area contributed by atoms with Gasteiger partial charge in [-0.2, -0.15) is 0 Å². The van der Waals surface area contributed by atoms with Gasteiger partial charge in [-0.3, -0.25) is 4.90 Å². The maximum atomic E-state index is 11.2. The number of rotatable bonds is 7. The van der Waals surface area contributed by atoms with Gasteiger partial charge in [0.25, 0.3) is 0 Å². The van der Waals surface area contributed by atoms with Gasteiger partial charge in [-0.25, -0.2) is 4.98 Å². The van der Waals surface area contributed by atoms with Crippen LogP contribution in [0.2, 0.25) is 0 Å². The quantitative estimate of drug-likeness (QED) is 0.484. The molecule has 29 heavy (non-hydrogen) atoms. The van der Waals surface area contributed by atoms with Crippen molar-refractivity contribution in [1.29, 1.82) is 0 Å². The number of anilines is 1. The summed E-state index contributed by atoms with van der Waals surface area (Å²) in [6, 6.07) is 14.0. The SMILES string of the molecule is CCC(Nc1ccc2ncc([N+](=O)[O-])n2n1)C1CN(Cc2ccccc2)CCO1. The average molecular weight is 396 g/mol. The van der Waals surface area contributed by atoms with Gasteiger partial charge in [0.15, 0.2) is 5.82 Å². The van der Waals surface area contributed by atoms with Gasteiger partial charge in [-0.1, -0.05) is 46.9 Å². The Morgan fingerprint density at radius 2 is 2.14 bits per heavy atom. The standard InChI is InChI=1S/C20H24N6O3/c1-2-16(17-14-24(10-11-29-17)13-15-6-4-3-5-7-15)22-18-8-9-19-21-12-20(26(27)28)25(19)23-18/h3-9,12,16-17H,2,10-11,13-14H2,1H3,(H,22,23). The van der Waals surface area contributed by atoms with E-state index in [1.54, 1.807) is 12.1 Å². The third kappa shape index (κ3) is 4.36. The van der Waals surface area contributed by atoms with E-state index >= 15 is 0 Å². The van der Waals surface area contributed by atoms with Crippen LogP contribution in [0.5, 0.6) is 0 Å². The van der Waals surface area contributed by atoms with Crippen molar-refractivity contribution in [3.8, 4) is 0 Å². The first-order chi connectivity index (χ1) is 14.1. The van der Waals surface area contributed by atoms with Crippen molar-refractivity contribution >= 4 is 17.3 Å². The van der Waals surface area contributed by atoms with Crippen LogP contribution in [-0.2, 0) is 11.3 Å². The minimum atomic E-state index is -0.486. The molecule has 1 aromatic carbocycles. The summed E-state index contributed by atoms with van der Waals surface area (Å²) in [5.41, 5.74) is 1.73. The van der Waals surface area contributed by atoms with Gasteiger partial charge in [-0.15, -0.1) is 0 Å². The largest absolute Gasteiger partial charge is 0.373 e. The Balaban J connectivity index is 1.46. The molecule has 1 fully saturated rings. The number of aromatic nitrogens is 3. The second-order valence-electron chi connectivity index (χ2n) is 7.15. The number of imidazole rings is 1. The molecule has 1 N–H and O–H groups in total. The van der Waals surface area contributed by atoms with E-state index in [9.17, 15) is 10.1 Å². The van der Waals surface area contributed by atoms with Crippen LogP contribution in [0, 0.1) is 10.1 Å². The van der Waals surface area contributed by atoms with Crippen molar-refractivity contribution in [2.45, 2.75) is 32.0 Å². The predicted molar refractivity (Wildman–Crippen MR) is 109 cm³/mol. The lowest BCUT2D eigenvalue weighted by molar-refractivity contribution is -0.391. The van der Waals surface area contributed by atoms with E-state index in [-0.39, 0.29) is 18.0 Å². The van der Waals surface area contributed by atoms with Gasteiger partial charge in [-0.05, 0) is 23.0 Å². The van der Waals surface area contributed by atoms with E-state index in [0.717, 1.165) is 26.1 Å². The van der Waals surface area contributed by atoms with Gasteiger partial charge >= 0.3 is 5.82 Å². The Morgan fingerprint density at radius 3 is 2.90 bits per heavy atom. The molecule has 0 aliphatic carbocycles. The molecule has 9 heteroatoms. The number of ether oxygens (including phenoxy) is 1. The Hall–Kier alpha value is -3.04. The van der Waals surface area contributed by atoms with Crippen LogP contribution < -0.4 is 5.32 Å². The number of hydrogen-bond donors (Lipinski definition) is 1. The summed E-state index contributed by atoms with van der Waals surface area (Å²) in [5, 5.41) is 18.9. The van der Waals surface area contributed by atoms with Crippen LogP contribution >= 0.6 is 0 Å². The van der Waals surface area contributed by atoms with Crippen LogP contribution in [0.1, 0.15) is 18.9 Å². The van der Waals surface area contributed by atoms with E-state index in [1.807, 2.05) is 6.07 Å². The molecular weight excluding hydrogens is 372 g/mol. The summed E-state index contributed by atoms with van der Waals surface area (Å²) in [6.45, 7) is 5.37. The smallest absolute Gasteiger partial charge is 0.368 e. The molecule has 9 nitrogen and oxygen atoms in total. The molecule has 1 aliphatic heterocycles. The molecule has 0 radical (unpaired) electrons. The van der Waals surface area contributed by atoms with E-state index < -0.39 is 4.92 Å². The fraction of sp³-hybridized carbons (Fsp3) is 0.400. The highest BCUT2D eigenvalue weighted by atomic mass is 16.6. The maximum absolute atomic E-state index is 11.2. The third-order valence-electron chi connectivity index (χ3n) is 5.18. The zero-order valence-corrected chi connectivity index (χ0v) is 16.3. The first-order valence-corrected chi connectivity index (χ1v) is 9.77. The topological polar surface area (TPSA) is 97.8 Å². The Bertz CT molecular complexity index is 977. The van der Waals surface area contributed by atoms with Crippen molar-refractivity contribution in [2.75, 3.05) is 25.0 Å². The minimum Gasteiger partial charge on any atom is -0.373 e. The van der Waals surface area contributed by atoms with Crippen LogP contribution in [-0.4, -0.2) is 56.3 Å². The van der Waals surface area contributed by atoms with Gasteiger partial charge in [0.05, 0.1) is 18.8 Å². The van der Waals surface area contributed by atoms with E-state index in [4.69, 9.17) is 4.74 Å². The second-order valence-corrected chi connectivity index (χ2v) is 7.15. The number of benzene rings is 1. The fourth-order valence-electron chi connectivity index (χ4n) is 3.67. The normalized spacial score (nSPS) is 18.6. The summed E-state index contributed by atoms with van der Waals surface area (Å²) in [4.78, 5) is 17.1. The molecule has 4 rings (SSSR count). The molecule has 1 saturated heterocycles. The lowest BCUT2D eigenvalue weighted by Crippen LogP contribution is -2.49. The minimum absolute atomic E-state index is 0.00716. The lowest BCUT2D eigenvalue weighted by Gasteiger charge is -2.37. The highest BCUT2D eigenvalue weighted by Gasteiger charge is 2.28. The maximum Gasteiger partial charge on any atom is 0.368 e. The fourth-order valence-corrected chi connectivity index (χ4v) is 3.67. The number of nitro groups is 1. The molecule has 3 heterocycles. The van der Waals surface area contributed by atoms with Gasteiger partial charge in [0, 0.05) is 25.7 Å². The predicted octanol–water partition coefficient (Wildman–Crippen LogP) is 2.73. The van der Waals surface area contributed by atoms with Crippen molar-refractivity contribution in [3.05, 3.63) is 64.3 Å². The van der Waals surface area contributed by atoms with Gasteiger partial charge in [0.2, 0.25) is 5.65 Å². The number of nitrogens with one attached hydrogen (secondary N) is 1. The van der Waals surface area contributed by atoms with Crippen LogP contribution in [0.3, 0.4) is 0 Å². The number of fused-ring (bicyclic) bond motifs is 1.